The van der Waals surface area contributed by atoms with E-state index in [9.17, 15) is 9.18 Å². The molecule has 0 heterocycles. The average Bonchev–Trinajstić information content (AvgIpc) is 2.18. The summed E-state index contributed by atoms with van der Waals surface area (Å²) >= 11 is 0. The van der Waals surface area contributed by atoms with Crippen LogP contribution in [-0.4, -0.2) is 26.0 Å². The molecule has 0 saturated carbocycles. The van der Waals surface area contributed by atoms with E-state index in [0.29, 0.717) is 19.5 Å². The summed E-state index contributed by atoms with van der Waals surface area (Å²) in [6.45, 7) is 0.840. The molecule has 0 aliphatic rings. The summed E-state index contributed by atoms with van der Waals surface area (Å²) in [5.41, 5.74) is 0.889. The Hall–Kier alpha value is -1.13. The lowest BCUT2D eigenvalue weighted by atomic mass is 10.1. The van der Waals surface area contributed by atoms with Crippen LogP contribution in [0.15, 0.2) is 24.3 Å². The monoisotopic (exact) mass is 246 g/mol. The van der Waals surface area contributed by atoms with Gasteiger partial charge < -0.3 is 10.6 Å². The molecule has 0 radical (unpaired) electrons. The standard InChI is InChI=1S/C11H15FN2O.ClH/c1-13-8-11(15)14-6-5-9-3-2-4-10(12)7-9;/h2-4,7,13H,5-6,8H2,1H3,(H,14,15);1H. The second-order valence-corrected chi connectivity index (χ2v) is 3.26. The molecule has 1 aromatic carbocycles. The molecule has 0 fully saturated rings. The SMILES string of the molecule is CNCC(=O)NCCc1cccc(F)c1.Cl. The Bertz CT molecular complexity index is 334. The van der Waals surface area contributed by atoms with Gasteiger partial charge >= 0.3 is 0 Å². The van der Waals surface area contributed by atoms with Crippen LogP contribution in [0.25, 0.3) is 0 Å². The van der Waals surface area contributed by atoms with Gasteiger partial charge in [-0.3, -0.25) is 4.79 Å². The molecule has 1 rings (SSSR count). The van der Waals surface area contributed by atoms with Gasteiger partial charge in [-0.15, -0.1) is 12.4 Å². The number of carbonyl (C=O) groups is 1. The third-order valence-corrected chi connectivity index (χ3v) is 1.96. The van der Waals surface area contributed by atoms with Crippen LogP contribution in [-0.2, 0) is 11.2 Å². The molecular formula is C11H16ClFN2O. The fourth-order valence-corrected chi connectivity index (χ4v) is 1.26. The predicted molar refractivity (Wildman–Crippen MR) is 64.3 cm³/mol. The molecule has 90 valence electrons. The Morgan fingerprint density at radius 2 is 2.19 bits per heavy atom. The normalized spacial score (nSPS) is 9.38. The van der Waals surface area contributed by atoms with Crippen molar-refractivity contribution in [3.05, 3.63) is 35.6 Å². The molecule has 16 heavy (non-hydrogen) atoms. The lowest BCUT2D eigenvalue weighted by Gasteiger charge is -2.04. The van der Waals surface area contributed by atoms with E-state index in [4.69, 9.17) is 0 Å². The van der Waals surface area contributed by atoms with Gasteiger partial charge in [0, 0.05) is 6.54 Å². The minimum absolute atomic E-state index is 0. The van der Waals surface area contributed by atoms with E-state index in [2.05, 4.69) is 10.6 Å². The van der Waals surface area contributed by atoms with Crippen LogP contribution in [0.1, 0.15) is 5.56 Å². The summed E-state index contributed by atoms with van der Waals surface area (Å²) in [6, 6.07) is 6.39. The third kappa shape index (κ3) is 5.68. The van der Waals surface area contributed by atoms with E-state index in [1.807, 2.05) is 6.07 Å². The molecule has 0 spiro atoms. The fourth-order valence-electron chi connectivity index (χ4n) is 1.26. The highest BCUT2D eigenvalue weighted by atomic mass is 35.5. The number of halogens is 2. The van der Waals surface area contributed by atoms with Crippen molar-refractivity contribution in [1.29, 1.82) is 0 Å². The van der Waals surface area contributed by atoms with Crippen LogP contribution >= 0.6 is 12.4 Å². The largest absolute Gasteiger partial charge is 0.355 e. The molecular weight excluding hydrogens is 231 g/mol. The number of amides is 1. The Kier molecular flexibility index (Phi) is 7.50. The highest BCUT2D eigenvalue weighted by Crippen LogP contribution is 2.03. The van der Waals surface area contributed by atoms with Crippen molar-refractivity contribution in [1.82, 2.24) is 10.6 Å². The van der Waals surface area contributed by atoms with Crippen molar-refractivity contribution in [2.24, 2.45) is 0 Å². The zero-order valence-corrected chi connectivity index (χ0v) is 9.94. The molecule has 0 aliphatic heterocycles. The first kappa shape index (κ1) is 14.9. The molecule has 5 heteroatoms. The Morgan fingerprint density at radius 1 is 1.44 bits per heavy atom. The third-order valence-electron chi connectivity index (χ3n) is 1.96. The van der Waals surface area contributed by atoms with Crippen molar-refractivity contribution in [2.75, 3.05) is 20.1 Å². The second kappa shape index (κ2) is 8.07. The van der Waals surface area contributed by atoms with E-state index in [1.54, 1.807) is 13.1 Å². The number of rotatable bonds is 5. The topological polar surface area (TPSA) is 41.1 Å². The minimum atomic E-state index is -0.242. The second-order valence-electron chi connectivity index (χ2n) is 3.26. The van der Waals surface area contributed by atoms with E-state index in [0.717, 1.165) is 5.56 Å². The first-order valence-corrected chi connectivity index (χ1v) is 4.88. The Morgan fingerprint density at radius 3 is 2.81 bits per heavy atom. The summed E-state index contributed by atoms with van der Waals surface area (Å²) in [6.07, 6.45) is 0.646. The molecule has 0 aromatic heterocycles. The van der Waals surface area contributed by atoms with E-state index in [1.165, 1.54) is 12.1 Å². The van der Waals surface area contributed by atoms with E-state index in [-0.39, 0.29) is 24.1 Å². The fraction of sp³-hybridized carbons (Fsp3) is 0.364. The smallest absolute Gasteiger partial charge is 0.233 e. The number of nitrogens with one attached hydrogen (secondary N) is 2. The summed E-state index contributed by atoms with van der Waals surface area (Å²) in [5.74, 6) is -0.289. The Labute approximate surface area is 101 Å². The van der Waals surface area contributed by atoms with Gasteiger partial charge in [0.15, 0.2) is 0 Å². The molecule has 1 amide bonds. The number of hydrogen-bond donors (Lipinski definition) is 2. The van der Waals surface area contributed by atoms with Gasteiger partial charge in [0.05, 0.1) is 6.54 Å². The minimum Gasteiger partial charge on any atom is -0.355 e. The zero-order chi connectivity index (χ0) is 11.1. The summed E-state index contributed by atoms with van der Waals surface area (Å²) in [5, 5.41) is 5.48. The molecule has 2 N–H and O–H groups in total. The van der Waals surface area contributed by atoms with Crippen LogP contribution in [0.4, 0.5) is 4.39 Å². The van der Waals surface area contributed by atoms with Crippen molar-refractivity contribution in [3.63, 3.8) is 0 Å². The molecule has 0 unspecified atom stereocenters. The predicted octanol–water partition coefficient (Wildman–Crippen LogP) is 1.13. The first-order chi connectivity index (χ1) is 7.22. The van der Waals surface area contributed by atoms with Gasteiger partial charge in [0.1, 0.15) is 5.82 Å². The molecule has 0 atom stereocenters. The summed E-state index contributed by atoms with van der Waals surface area (Å²) in [4.78, 5) is 11.1. The number of benzene rings is 1. The van der Waals surface area contributed by atoms with E-state index >= 15 is 0 Å². The number of hydrogen-bond acceptors (Lipinski definition) is 2. The van der Waals surface area contributed by atoms with Crippen LogP contribution in [0, 0.1) is 5.82 Å². The van der Waals surface area contributed by atoms with Gasteiger partial charge in [-0.25, -0.2) is 4.39 Å². The maximum Gasteiger partial charge on any atom is 0.233 e. The number of likely N-dealkylation sites (N-methyl/N-ethyl adjacent to an activating group) is 1. The summed E-state index contributed by atoms with van der Waals surface area (Å²) in [7, 11) is 1.71. The van der Waals surface area contributed by atoms with Crippen molar-refractivity contribution in [2.45, 2.75) is 6.42 Å². The molecule has 3 nitrogen and oxygen atoms in total. The summed E-state index contributed by atoms with van der Waals surface area (Å²) < 4.78 is 12.8. The molecule has 1 aromatic rings. The molecule has 0 bridgehead atoms. The highest BCUT2D eigenvalue weighted by Gasteiger charge is 1.99. The molecule has 0 saturated heterocycles. The van der Waals surface area contributed by atoms with Gasteiger partial charge in [0.25, 0.3) is 0 Å². The van der Waals surface area contributed by atoms with Crippen LogP contribution in [0.5, 0.6) is 0 Å². The lowest BCUT2D eigenvalue weighted by molar-refractivity contribution is -0.120. The lowest BCUT2D eigenvalue weighted by Crippen LogP contribution is -2.33. The van der Waals surface area contributed by atoms with Gasteiger partial charge in [-0.2, -0.15) is 0 Å². The van der Waals surface area contributed by atoms with Crippen molar-refractivity contribution < 1.29 is 9.18 Å². The van der Waals surface area contributed by atoms with E-state index < -0.39 is 0 Å². The van der Waals surface area contributed by atoms with Gasteiger partial charge in [-0.1, -0.05) is 12.1 Å². The van der Waals surface area contributed by atoms with Crippen LogP contribution in [0.3, 0.4) is 0 Å². The number of carbonyl (C=O) groups excluding carboxylic acids is 1. The zero-order valence-electron chi connectivity index (χ0n) is 9.13. The van der Waals surface area contributed by atoms with Crippen LogP contribution in [0.2, 0.25) is 0 Å². The van der Waals surface area contributed by atoms with Crippen molar-refractivity contribution in [3.8, 4) is 0 Å². The Balaban J connectivity index is 0.00000225. The maximum absolute atomic E-state index is 12.8. The van der Waals surface area contributed by atoms with Gasteiger partial charge in [0.2, 0.25) is 5.91 Å². The first-order valence-electron chi connectivity index (χ1n) is 4.88. The quantitative estimate of drug-likeness (QED) is 0.818. The average molecular weight is 247 g/mol. The highest BCUT2D eigenvalue weighted by molar-refractivity contribution is 5.85. The van der Waals surface area contributed by atoms with Crippen LogP contribution < -0.4 is 10.6 Å². The van der Waals surface area contributed by atoms with Crippen molar-refractivity contribution >= 4 is 18.3 Å². The van der Waals surface area contributed by atoms with Gasteiger partial charge in [-0.05, 0) is 31.2 Å². The maximum atomic E-state index is 12.8. The molecule has 0 aliphatic carbocycles.